The summed E-state index contributed by atoms with van der Waals surface area (Å²) in [6.07, 6.45) is 0.867. The van der Waals surface area contributed by atoms with E-state index in [1.54, 1.807) is 7.11 Å². The first-order valence-corrected chi connectivity index (χ1v) is 8.11. The minimum Gasteiger partial charge on any atom is -0.496 e. The molecule has 0 bridgehead atoms. The van der Waals surface area contributed by atoms with E-state index in [0.29, 0.717) is 6.54 Å². The molecule has 4 nitrogen and oxygen atoms in total. The first kappa shape index (κ1) is 16.3. The molecule has 0 aliphatic carbocycles. The molecule has 21 heavy (non-hydrogen) atoms. The van der Waals surface area contributed by atoms with Gasteiger partial charge in [-0.05, 0) is 61.4 Å². The first-order valence-electron chi connectivity index (χ1n) is 7.03. The molecule has 1 atom stereocenters. The van der Waals surface area contributed by atoms with Gasteiger partial charge >= 0.3 is 0 Å². The largest absolute Gasteiger partial charge is 0.496 e. The summed E-state index contributed by atoms with van der Waals surface area (Å²) in [5.74, 6) is 0.894. The molecule has 1 unspecified atom stereocenters. The van der Waals surface area contributed by atoms with Gasteiger partial charge in [0.05, 0.1) is 22.9 Å². The van der Waals surface area contributed by atoms with Crippen molar-refractivity contribution in [3.8, 4) is 5.75 Å². The van der Waals surface area contributed by atoms with E-state index in [9.17, 15) is 0 Å². The van der Waals surface area contributed by atoms with Crippen LogP contribution in [0.2, 0.25) is 0 Å². The van der Waals surface area contributed by atoms with Crippen molar-refractivity contribution >= 4 is 22.6 Å². The molecule has 0 amide bonds. The number of benzene rings is 1. The van der Waals surface area contributed by atoms with Gasteiger partial charge in [-0.3, -0.25) is 4.68 Å². The van der Waals surface area contributed by atoms with Crippen LogP contribution in [0, 0.1) is 17.4 Å². The smallest absolute Gasteiger partial charge is 0.123 e. The Labute approximate surface area is 139 Å². The topological polar surface area (TPSA) is 53.1 Å². The van der Waals surface area contributed by atoms with E-state index in [4.69, 9.17) is 10.5 Å². The normalized spacial score (nSPS) is 12.5. The summed E-state index contributed by atoms with van der Waals surface area (Å²) >= 11 is 2.34. The lowest BCUT2D eigenvalue weighted by Crippen LogP contribution is -2.18. The van der Waals surface area contributed by atoms with Crippen LogP contribution in [0.15, 0.2) is 18.2 Å². The fourth-order valence-electron chi connectivity index (χ4n) is 2.44. The van der Waals surface area contributed by atoms with Crippen LogP contribution in [0.5, 0.6) is 5.75 Å². The summed E-state index contributed by atoms with van der Waals surface area (Å²) in [6.45, 7) is 6.87. The van der Waals surface area contributed by atoms with Gasteiger partial charge in [-0.1, -0.05) is 12.1 Å². The number of aromatic nitrogens is 2. The number of nitrogens with two attached hydrogens (primary N) is 1. The van der Waals surface area contributed by atoms with Crippen molar-refractivity contribution in [2.45, 2.75) is 39.8 Å². The Hall–Kier alpha value is -1.08. The maximum Gasteiger partial charge on any atom is 0.123 e. The molecule has 1 heterocycles. The molecule has 114 valence electrons. The van der Waals surface area contributed by atoms with Gasteiger partial charge in [0.25, 0.3) is 0 Å². The Morgan fingerprint density at radius 3 is 2.62 bits per heavy atom. The third-order valence-corrected chi connectivity index (χ3v) is 5.08. The van der Waals surface area contributed by atoms with Crippen molar-refractivity contribution in [1.82, 2.24) is 9.78 Å². The fourth-order valence-corrected chi connectivity index (χ4v) is 2.83. The third kappa shape index (κ3) is 3.77. The second-order valence-electron chi connectivity index (χ2n) is 5.47. The minimum absolute atomic E-state index is 0.154. The van der Waals surface area contributed by atoms with Gasteiger partial charge in [-0.25, -0.2) is 0 Å². The molecule has 2 rings (SSSR count). The van der Waals surface area contributed by atoms with Crippen LogP contribution in [-0.2, 0) is 13.0 Å². The van der Waals surface area contributed by atoms with E-state index in [1.165, 1.54) is 14.8 Å². The number of hydrogen-bond acceptors (Lipinski definition) is 3. The zero-order valence-electron chi connectivity index (χ0n) is 13.0. The Bertz CT molecular complexity index is 635. The maximum atomic E-state index is 5.90. The van der Waals surface area contributed by atoms with Crippen LogP contribution in [0.3, 0.4) is 0 Å². The molecular formula is C16H22IN3O. The number of nitrogens with zero attached hydrogens (tertiary/aromatic N) is 2. The molecule has 0 aliphatic rings. The van der Waals surface area contributed by atoms with Crippen LogP contribution in [0.4, 0.5) is 0 Å². The predicted octanol–water partition coefficient (Wildman–Crippen LogP) is 3.05. The highest BCUT2D eigenvalue weighted by atomic mass is 127. The van der Waals surface area contributed by atoms with Crippen LogP contribution in [0.25, 0.3) is 0 Å². The second-order valence-corrected chi connectivity index (χ2v) is 6.55. The van der Waals surface area contributed by atoms with Gasteiger partial charge in [0.15, 0.2) is 0 Å². The van der Waals surface area contributed by atoms with Gasteiger partial charge in [0.2, 0.25) is 0 Å². The standard InChI is InChI=1S/C16H22IN3O/c1-10(18)7-13-5-6-15(21-4)14(8-13)9-20-12(3)16(17)11(2)19-20/h5-6,8,10H,7,9,18H2,1-4H3. The predicted molar refractivity (Wildman–Crippen MR) is 93.9 cm³/mol. The van der Waals surface area contributed by atoms with Crippen LogP contribution in [-0.4, -0.2) is 22.9 Å². The minimum atomic E-state index is 0.154. The number of halogens is 1. The lowest BCUT2D eigenvalue weighted by molar-refractivity contribution is 0.407. The van der Waals surface area contributed by atoms with E-state index in [0.717, 1.165) is 23.4 Å². The van der Waals surface area contributed by atoms with E-state index >= 15 is 0 Å². The summed E-state index contributed by atoms with van der Waals surface area (Å²) in [6, 6.07) is 6.42. The van der Waals surface area contributed by atoms with Crippen LogP contribution < -0.4 is 10.5 Å². The van der Waals surface area contributed by atoms with Gasteiger partial charge in [0.1, 0.15) is 5.75 Å². The van der Waals surface area contributed by atoms with Crippen molar-refractivity contribution in [2.24, 2.45) is 5.73 Å². The van der Waals surface area contributed by atoms with Gasteiger partial charge in [0, 0.05) is 17.3 Å². The van der Waals surface area contributed by atoms with Crippen LogP contribution >= 0.6 is 22.6 Å². The van der Waals surface area contributed by atoms with E-state index in [1.807, 2.05) is 24.6 Å². The molecule has 0 saturated carbocycles. The van der Waals surface area contributed by atoms with E-state index < -0.39 is 0 Å². The number of aryl methyl sites for hydroxylation is 1. The zero-order chi connectivity index (χ0) is 15.6. The van der Waals surface area contributed by atoms with Gasteiger partial charge < -0.3 is 10.5 Å². The average molecular weight is 399 g/mol. The summed E-state index contributed by atoms with van der Waals surface area (Å²) in [5.41, 5.74) is 10.5. The molecule has 2 aromatic rings. The highest BCUT2D eigenvalue weighted by Crippen LogP contribution is 2.23. The summed E-state index contributed by atoms with van der Waals surface area (Å²) in [5, 5.41) is 4.60. The quantitative estimate of drug-likeness (QED) is 0.787. The maximum absolute atomic E-state index is 5.90. The molecule has 0 aliphatic heterocycles. The lowest BCUT2D eigenvalue weighted by Gasteiger charge is -2.13. The van der Waals surface area contributed by atoms with Crippen molar-refractivity contribution in [3.05, 3.63) is 44.3 Å². The van der Waals surface area contributed by atoms with Gasteiger partial charge in [-0.15, -0.1) is 0 Å². The van der Waals surface area contributed by atoms with E-state index in [-0.39, 0.29) is 6.04 Å². The SMILES string of the molecule is COc1ccc(CC(C)N)cc1Cn1nc(C)c(I)c1C. The van der Waals surface area contributed by atoms with Crippen molar-refractivity contribution < 1.29 is 4.74 Å². The fraction of sp³-hybridized carbons (Fsp3) is 0.438. The summed E-state index contributed by atoms with van der Waals surface area (Å²) < 4.78 is 8.73. The Morgan fingerprint density at radius 2 is 2.10 bits per heavy atom. The van der Waals surface area contributed by atoms with Crippen molar-refractivity contribution in [3.63, 3.8) is 0 Å². The number of ether oxygens (including phenoxy) is 1. The Balaban J connectivity index is 2.34. The average Bonchev–Trinajstić information content (AvgIpc) is 2.66. The monoisotopic (exact) mass is 399 g/mol. The molecular weight excluding hydrogens is 377 g/mol. The van der Waals surface area contributed by atoms with Crippen molar-refractivity contribution in [1.29, 1.82) is 0 Å². The van der Waals surface area contributed by atoms with Gasteiger partial charge in [-0.2, -0.15) is 5.10 Å². The Morgan fingerprint density at radius 1 is 1.38 bits per heavy atom. The summed E-state index contributed by atoms with van der Waals surface area (Å²) in [4.78, 5) is 0. The number of rotatable bonds is 5. The van der Waals surface area contributed by atoms with Crippen LogP contribution in [0.1, 0.15) is 29.4 Å². The highest BCUT2D eigenvalue weighted by Gasteiger charge is 2.12. The molecule has 0 spiro atoms. The molecule has 0 fully saturated rings. The second kappa shape index (κ2) is 6.79. The molecule has 5 heteroatoms. The lowest BCUT2D eigenvalue weighted by atomic mass is 10.0. The molecule has 2 N–H and O–H groups in total. The molecule has 0 radical (unpaired) electrons. The van der Waals surface area contributed by atoms with Crippen molar-refractivity contribution in [2.75, 3.05) is 7.11 Å². The third-order valence-electron chi connectivity index (χ3n) is 3.52. The summed E-state index contributed by atoms with van der Waals surface area (Å²) in [7, 11) is 1.70. The first-order chi connectivity index (χ1) is 9.92. The molecule has 0 saturated heterocycles. The van der Waals surface area contributed by atoms with E-state index in [2.05, 4.69) is 46.7 Å². The molecule has 1 aromatic heterocycles. The number of hydrogen-bond donors (Lipinski definition) is 1. The number of methoxy groups -OCH3 is 1. The zero-order valence-corrected chi connectivity index (χ0v) is 15.1. The Kier molecular flexibility index (Phi) is 5.27. The molecule has 1 aromatic carbocycles. The highest BCUT2D eigenvalue weighted by molar-refractivity contribution is 14.1.